The van der Waals surface area contributed by atoms with Gasteiger partial charge in [-0.3, -0.25) is 0 Å². The van der Waals surface area contributed by atoms with Crippen LogP contribution in [-0.2, 0) is 13.6 Å². The Morgan fingerprint density at radius 3 is 2.68 bits per heavy atom. The van der Waals surface area contributed by atoms with E-state index >= 15 is 0 Å². The number of imidazole rings is 1. The van der Waals surface area contributed by atoms with E-state index in [2.05, 4.69) is 44.6 Å². The summed E-state index contributed by atoms with van der Waals surface area (Å²) in [5.41, 5.74) is 2.82. The summed E-state index contributed by atoms with van der Waals surface area (Å²) in [4.78, 5) is 13.5. The molecule has 0 aliphatic carbocycles. The molecule has 0 saturated heterocycles. The van der Waals surface area contributed by atoms with Crippen LogP contribution in [0.25, 0.3) is 11.2 Å². The molecule has 0 amide bonds. The molecule has 0 bridgehead atoms. The van der Waals surface area contributed by atoms with E-state index < -0.39 is 0 Å². The second-order valence-electron chi connectivity index (χ2n) is 5.19. The average Bonchev–Trinajstić information content (AvgIpc) is 2.93. The highest BCUT2D eigenvalue weighted by Gasteiger charge is 2.11. The molecule has 0 aliphatic rings. The van der Waals surface area contributed by atoms with Crippen molar-refractivity contribution >= 4 is 22.9 Å². The predicted molar refractivity (Wildman–Crippen MR) is 88.9 cm³/mol. The number of fused-ring (bicyclic) bond motifs is 1. The Kier molecular flexibility index (Phi) is 4.18. The molecule has 2 heterocycles. The third kappa shape index (κ3) is 3.00. The number of hydrogen-bond donors (Lipinski definition) is 2. The first-order valence-corrected chi connectivity index (χ1v) is 7.48. The first-order chi connectivity index (χ1) is 10.8. The number of anilines is 2. The summed E-state index contributed by atoms with van der Waals surface area (Å²) in [5.74, 6) is 1.39. The second kappa shape index (κ2) is 6.43. The van der Waals surface area contributed by atoms with Gasteiger partial charge < -0.3 is 15.2 Å². The van der Waals surface area contributed by atoms with Crippen LogP contribution < -0.4 is 10.6 Å². The first kappa shape index (κ1) is 14.3. The quantitative estimate of drug-likeness (QED) is 0.732. The highest BCUT2D eigenvalue weighted by molar-refractivity contribution is 5.84. The van der Waals surface area contributed by atoms with Crippen molar-refractivity contribution < 1.29 is 0 Å². The summed E-state index contributed by atoms with van der Waals surface area (Å²) in [6, 6.07) is 10.2. The minimum atomic E-state index is 0.633. The van der Waals surface area contributed by atoms with Crippen molar-refractivity contribution in [3.63, 3.8) is 0 Å². The highest BCUT2D eigenvalue weighted by Crippen LogP contribution is 2.20. The Hall–Kier alpha value is -2.63. The lowest BCUT2D eigenvalue weighted by Crippen LogP contribution is -2.09. The maximum Gasteiger partial charge on any atom is 0.226 e. The Labute approximate surface area is 129 Å². The number of aryl methyl sites for hydroxylation is 1. The van der Waals surface area contributed by atoms with Gasteiger partial charge in [-0.1, -0.05) is 37.3 Å². The smallest absolute Gasteiger partial charge is 0.226 e. The van der Waals surface area contributed by atoms with E-state index in [4.69, 9.17) is 0 Å². The second-order valence-corrected chi connectivity index (χ2v) is 5.19. The van der Waals surface area contributed by atoms with Crippen LogP contribution >= 0.6 is 0 Å². The fourth-order valence-electron chi connectivity index (χ4n) is 2.23. The number of rotatable bonds is 6. The summed E-state index contributed by atoms with van der Waals surface area (Å²) in [6.45, 7) is 3.67. The van der Waals surface area contributed by atoms with Gasteiger partial charge in [0.2, 0.25) is 5.95 Å². The summed E-state index contributed by atoms with van der Waals surface area (Å²) < 4.78 is 1.90. The van der Waals surface area contributed by atoms with E-state index in [0.29, 0.717) is 12.5 Å². The molecule has 3 rings (SSSR count). The molecule has 0 unspecified atom stereocenters. The molecule has 0 spiro atoms. The number of benzene rings is 1. The molecule has 6 heteroatoms. The van der Waals surface area contributed by atoms with E-state index in [1.54, 1.807) is 6.33 Å². The molecule has 3 aromatic rings. The highest BCUT2D eigenvalue weighted by atomic mass is 15.2. The van der Waals surface area contributed by atoms with Gasteiger partial charge in [0, 0.05) is 20.1 Å². The van der Waals surface area contributed by atoms with E-state index in [1.165, 1.54) is 5.56 Å². The number of aromatic nitrogens is 4. The van der Waals surface area contributed by atoms with Gasteiger partial charge in [-0.15, -0.1) is 0 Å². The largest absolute Gasteiger partial charge is 0.364 e. The lowest BCUT2D eigenvalue weighted by Gasteiger charge is -2.09. The van der Waals surface area contributed by atoms with Gasteiger partial charge >= 0.3 is 0 Å². The Morgan fingerprint density at radius 1 is 1.09 bits per heavy atom. The molecule has 114 valence electrons. The van der Waals surface area contributed by atoms with Gasteiger partial charge in [0.15, 0.2) is 17.0 Å². The lowest BCUT2D eigenvalue weighted by molar-refractivity contribution is 0.918. The summed E-state index contributed by atoms with van der Waals surface area (Å²) >= 11 is 0. The maximum absolute atomic E-state index is 4.56. The molecule has 0 fully saturated rings. The van der Waals surface area contributed by atoms with Gasteiger partial charge in [0.05, 0.1) is 6.33 Å². The predicted octanol–water partition coefficient (Wildman–Crippen LogP) is 2.80. The van der Waals surface area contributed by atoms with Crippen LogP contribution in [-0.4, -0.2) is 26.1 Å². The molecule has 22 heavy (non-hydrogen) atoms. The van der Waals surface area contributed by atoms with E-state index in [-0.39, 0.29) is 0 Å². The van der Waals surface area contributed by atoms with E-state index in [9.17, 15) is 0 Å². The zero-order valence-corrected chi connectivity index (χ0v) is 12.9. The van der Waals surface area contributed by atoms with E-state index in [0.717, 1.165) is 29.9 Å². The third-order valence-electron chi connectivity index (χ3n) is 3.40. The molecular weight excluding hydrogens is 276 g/mol. The molecule has 6 nitrogen and oxygen atoms in total. The van der Waals surface area contributed by atoms with Crippen molar-refractivity contribution in [3.8, 4) is 0 Å². The van der Waals surface area contributed by atoms with Crippen molar-refractivity contribution in [2.24, 2.45) is 7.05 Å². The molecular formula is C16H20N6. The lowest BCUT2D eigenvalue weighted by atomic mass is 10.2. The summed E-state index contributed by atoms with van der Waals surface area (Å²) in [6.07, 6.45) is 2.79. The maximum atomic E-state index is 4.56. The Bertz CT molecular complexity index is 750. The number of hydrogen-bond acceptors (Lipinski definition) is 5. The van der Waals surface area contributed by atoms with Gasteiger partial charge in [-0.05, 0) is 12.0 Å². The normalized spacial score (nSPS) is 10.8. The van der Waals surface area contributed by atoms with Crippen LogP contribution in [0.4, 0.5) is 11.8 Å². The molecule has 1 aromatic carbocycles. The average molecular weight is 296 g/mol. The van der Waals surface area contributed by atoms with Crippen LogP contribution in [0, 0.1) is 0 Å². The minimum Gasteiger partial charge on any atom is -0.364 e. The van der Waals surface area contributed by atoms with Gasteiger partial charge in [0.25, 0.3) is 0 Å². The van der Waals surface area contributed by atoms with Crippen molar-refractivity contribution in [3.05, 3.63) is 42.2 Å². The molecule has 0 aliphatic heterocycles. The minimum absolute atomic E-state index is 0.633. The van der Waals surface area contributed by atoms with Crippen LogP contribution in [0.5, 0.6) is 0 Å². The van der Waals surface area contributed by atoms with Crippen LogP contribution in [0.1, 0.15) is 18.9 Å². The SMILES string of the molecule is CCCNc1nc(NCc2ccccc2)c2ncn(C)c2n1. The fourth-order valence-corrected chi connectivity index (χ4v) is 2.23. The van der Waals surface area contributed by atoms with E-state index in [1.807, 2.05) is 29.8 Å². The van der Waals surface area contributed by atoms with Crippen molar-refractivity contribution in [2.75, 3.05) is 17.2 Å². The van der Waals surface area contributed by atoms with Gasteiger partial charge in [-0.25, -0.2) is 4.98 Å². The first-order valence-electron chi connectivity index (χ1n) is 7.48. The van der Waals surface area contributed by atoms with Crippen LogP contribution in [0.2, 0.25) is 0 Å². The zero-order valence-electron chi connectivity index (χ0n) is 12.9. The number of nitrogens with one attached hydrogen (secondary N) is 2. The van der Waals surface area contributed by atoms with Crippen LogP contribution in [0.3, 0.4) is 0 Å². The monoisotopic (exact) mass is 296 g/mol. The standard InChI is InChI=1S/C16H20N6/c1-3-9-17-16-20-14(13-15(21-16)22(2)11-19-13)18-10-12-7-5-4-6-8-12/h4-8,11H,3,9-10H2,1-2H3,(H2,17,18,20,21). The Balaban J connectivity index is 1.89. The van der Waals surface area contributed by atoms with Crippen molar-refractivity contribution in [1.82, 2.24) is 19.5 Å². The zero-order chi connectivity index (χ0) is 15.4. The molecule has 2 N–H and O–H groups in total. The van der Waals surface area contributed by atoms with Gasteiger partial charge in [-0.2, -0.15) is 9.97 Å². The molecule has 2 aromatic heterocycles. The molecule has 0 saturated carbocycles. The topological polar surface area (TPSA) is 67.7 Å². The fraction of sp³-hybridized carbons (Fsp3) is 0.312. The van der Waals surface area contributed by atoms with Crippen molar-refractivity contribution in [2.45, 2.75) is 19.9 Å². The summed E-state index contributed by atoms with van der Waals surface area (Å²) in [5, 5.41) is 6.61. The van der Waals surface area contributed by atoms with Crippen LogP contribution in [0.15, 0.2) is 36.7 Å². The third-order valence-corrected chi connectivity index (χ3v) is 3.40. The molecule has 0 atom stereocenters. The molecule has 0 radical (unpaired) electrons. The summed E-state index contributed by atoms with van der Waals surface area (Å²) in [7, 11) is 1.94. The number of nitrogens with zero attached hydrogens (tertiary/aromatic N) is 4. The van der Waals surface area contributed by atoms with Crippen molar-refractivity contribution in [1.29, 1.82) is 0 Å². The van der Waals surface area contributed by atoms with Gasteiger partial charge in [0.1, 0.15) is 0 Å². The Morgan fingerprint density at radius 2 is 1.91 bits per heavy atom.